The Morgan fingerprint density at radius 3 is 2.94 bits per heavy atom. The zero-order chi connectivity index (χ0) is 11.7. The largest absolute Gasteiger partial charge is 0.497 e. The standard InChI is InChI=1S/C16H16O/c1-17-14-7-4-6-13(11-14)16-10-9-12-5-2-3-8-15(12)16/h2-7,11H,8-10H2,1H3. The summed E-state index contributed by atoms with van der Waals surface area (Å²) in [6.07, 6.45) is 10.1. The summed E-state index contributed by atoms with van der Waals surface area (Å²) in [5, 5.41) is 0. The van der Waals surface area contributed by atoms with Gasteiger partial charge >= 0.3 is 0 Å². The number of rotatable bonds is 2. The van der Waals surface area contributed by atoms with Crippen molar-refractivity contribution in [3.8, 4) is 5.75 Å². The Balaban J connectivity index is 2.04. The van der Waals surface area contributed by atoms with E-state index in [0.29, 0.717) is 0 Å². The maximum absolute atomic E-state index is 5.30. The van der Waals surface area contributed by atoms with Gasteiger partial charge in [0.15, 0.2) is 0 Å². The highest BCUT2D eigenvalue weighted by molar-refractivity contribution is 5.77. The summed E-state index contributed by atoms with van der Waals surface area (Å²) < 4.78 is 5.30. The molecule has 0 saturated carbocycles. The molecule has 2 aliphatic rings. The van der Waals surface area contributed by atoms with Gasteiger partial charge in [-0.3, -0.25) is 0 Å². The molecule has 17 heavy (non-hydrogen) atoms. The van der Waals surface area contributed by atoms with Crippen LogP contribution in [-0.4, -0.2) is 7.11 Å². The molecule has 1 heteroatoms. The third-order valence-electron chi connectivity index (χ3n) is 3.57. The van der Waals surface area contributed by atoms with Gasteiger partial charge in [-0.2, -0.15) is 0 Å². The van der Waals surface area contributed by atoms with Crippen LogP contribution in [0.2, 0.25) is 0 Å². The van der Waals surface area contributed by atoms with Crippen LogP contribution in [0.5, 0.6) is 5.75 Å². The van der Waals surface area contributed by atoms with Crippen molar-refractivity contribution in [2.75, 3.05) is 7.11 Å². The third-order valence-corrected chi connectivity index (χ3v) is 3.57. The van der Waals surface area contributed by atoms with E-state index in [0.717, 1.165) is 18.6 Å². The number of ether oxygens (including phenoxy) is 1. The van der Waals surface area contributed by atoms with Crippen LogP contribution in [0.25, 0.3) is 5.57 Å². The lowest BCUT2D eigenvalue weighted by Gasteiger charge is -2.10. The lowest BCUT2D eigenvalue weighted by Crippen LogP contribution is -1.90. The molecule has 0 atom stereocenters. The van der Waals surface area contributed by atoms with Crippen molar-refractivity contribution in [1.82, 2.24) is 0 Å². The molecule has 1 nitrogen and oxygen atoms in total. The SMILES string of the molecule is COc1cccc(C2=C3CC=CC=C3CC2)c1. The highest BCUT2D eigenvalue weighted by Gasteiger charge is 2.20. The van der Waals surface area contributed by atoms with Gasteiger partial charge in [0.2, 0.25) is 0 Å². The van der Waals surface area contributed by atoms with Crippen molar-refractivity contribution >= 4 is 5.57 Å². The molecule has 0 heterocycles. The summed E-state index contributed by atoms with van der Waals surface area (Å²) in [5.41, 5.74) is 5.86. The van der Waals surface area contributed by atoms with Crippen molar-refractivity contribution in [3.05, 3.63) is 59.2 Å². The van der Waals surface area contributed by atoms with Gasteiger partial charge in [0.1, 0.15) is 5.75 Å². The van der Waals surface area contributed by atoms with E-state index >= 15 is 0 Å². The fourth-order valence-corrected chi connectivity index (χ4v) is 2.69. The Morgan fingerprint density at radius 1 is 1.12 bits per heavy atom. The maximum Gasteiger partial charge on any atom is 0.119 e. The quantitative estimate of drug-likeness (QED) is 0.734. The molecule has 3 rings (SSSR count). The second-order valence-electron chi connectivity index (χ2n) is 4.51. The summed E-state index contributed by atoms with van der Waals surface area (Å²) in [6.45, 7) is 0. The average molecular weight is 224 g/mol. The molecule has 86 valence electrons. The van der Waals surface area contributed by atoms with Crippen LogP contribution in [0.15, 0.2) is 53.6 Å². The average Bonchev–Trinajstić information content (AvgIpc) is 2.82. The predicted octanol–water partition coefficient (Wildman–Crippen LogP) is 4.13. The van der Waals surface area contributed by atoms with E-state index < -0.39 is 0 Å². The molecule has 0 radical (unpaired) electrons. The van der Waals surface area contributed by atoms with Crippen molar-refractivity contribution in [2.24, 2.45) is 0 Å². The Labute approximate surface area is 102 Å². The number of benzene rings is 1. The zero-order valence-electron chi connectivity index (χ0n) is 10.1. The predicted molar refractivity (Wildman–Crippen MR) is 71.0 cm³/mol. The molecular formula is C16H16O. The van der Waals surface area contributed by atoms with E-state index in [-0.39, 0.29) is 0 Å². The number of allylic oxidation sites excluding steroid dienone is 6. The minimum Gasteiger partial charge on any atom is -0.497 e. The topological polar surface area (TPSA) is 9.23 Å². The first-order valence-corrected chi connectivity index (χ1v) is 6.11. The molecule has 0 fully saturated rings. The van der Waals surface area contributed by atoms with E-state index in [2.05, 4.69) is 36.4 Å². The molecule has 0 aromatic heterocycles. The van der Waals surface area contributed by atoms with Crippen LogP contribution < -0.4 is 4.74 Å². The highest BCUT2D eigenvalue weighted by Crippen LogP contribution is 2.41. The lowest BCUT2D eigenvalue weighted by atomic mass is 9.96. The van der Waals surface area contributed by atoms with Gasteiger partial charge in [-0.15, -0.1) is 0 Å². The van der Waals surface area contributed by atoms with Crippen molar-refractivity contribution < 1.29 is 4.74 Å². The first-order valence-electron chi connectivity index (χ1n) is 6.11. The van der Waals surface area contributed by atoms with E-state index in [1.165, 1.54) is 28.7 Å². The van der Waals surface area contributed by atoms with E-state index in [1.54, 1.807) is 7.11 Å². The monoisotopic (exact) mass is 224 g/mol. The minimum atomic E-state index is 0.944. The molecule has 0 N–H and O–H groups in total. The van der Waals surface area contributed by atoms with Crippen LogP contribution in [0, 0.1) is 0 Å². The number of methoxy groups -OCH3 is 1. The molecule has 2 aliphatic carbocycles. The van der Waals surface area contributed by atoms with E-state index in [9.17, 15) is 0 Å². The Bertz CT molecular complexity index is 532. The first kappa shape index (κ1) is 10.4. The van der Waals surface area contributed by atoms with Crippen LogP contribution in [-0.2, 0) is 0 Å². The molecular weight excluding hydrogens is 208 g/mol. The zero-order valence-corrected chi connectivity index (χ0v) is 10.1. The third kappa shape index (κ3) is 1.82. The van der Waals surface area contributed by atoms with Gasteiger partial charge in [-0.05, 0) is 53.7 Å². The second kappa shape index (κ2) is 4.25. The molecule has 0 aliphatic heterocycles. The van der Waals surface area contributed by atoms with E-state index in [4.69, 9.17) is 4.74 Å². The van der Waals surface area contributed by atoms with Gasteiger partial charge in [-0.25, -0.2) is 0 Å². The summed E-state index contributed by atoms with van der Waals surface area (Å²) >= 11 is 0. The minimum absolute atomic E-state index is 0.944. The fourth-order valence-electron chi connectivity index (χ4n) is 2.69. The number of hydrogen-bond donors (Lipinski definition) is 0. The van der Waals surface area contributed by atoms with Crippen molar-refractivity contribution in [1.29, 1.82) is 0 Å². The van der Waals surface area contributed by atoms with Gasteiger partial charge in [0, 0.05) is 0 Å². The summed E-state index contributed by atoms with van der Waals surface area (Å²) in [5.74, 6) is 0.944. The van der Waals surface area contributed by atoms with Crippen molar-refractivity contribution in [3.63, 3.8) is 0 Å². The van der Waals surface area contributed by atoms with Crippen LogP contribution in [0.3, 0.4) is 0 Å². The molecule has 0 bridgehead atoms. The van der Waals surface area contributed by atoms with E-state index in [1.807, 2.05) is 6.07 Å². The summed E-state index contributed by atoms with van der Waals surface area (Å²) in [4.78, 5) is 0. The molecule has 0 spiro atoms. The summed E-state index contributed by atoms with van der Waals surface area (Å²) in [7, 11) is 1.72. The highest BCUT2D eigenvalue weighted by atomic mass is 16.5. The molecule has 0 saturated heterocycles. The Kier molecular flexibility index (Phi) is 2.60. The van der Waals surface area contributed by atoms with Gasteiger partial charge in [-0.1, -0.05) is 30.4 Å². The van der Waals surface area contributed by atoms with Crippen LogP contribution >= 0.6 is 0 Å². The van der Waals surface area contributed by atoms with Gasteiger partial charge in [0.05, 0.1) is 7.11 Å². The molecule has 1 aromatic carbocycles. The second-order valence-corrected chi connectivity index (χ2v) is 4.51. The van der Waals surface area contributed by atoms with Crippen molar-refractivity contribution in [2.45, 2.75) is 19.3 Å². The lowest BCUT2D eigenvalue weighted by molar-refractivity contribution is 0.414. The molecule has 1 aromatic rings. The van der Waals surface area contributed by atoms with Gasteiger partial charge < -0.3 is 4.74 Å². The first-order chi connectivity index (χ1) is 8.38. The van der Waals surface area contributed by atoms with Crippen LogP contribution in [0.1, 0.15) is 24.8 Å². The Hall–Kier alpha value is -1.76. The Morgan fingerprint density at radius 2 is 2.06 bits per heavy atom. The maximum atomic E-state index is 5.30. The molecule has 0 amide bonds. The number of hydrogen-bond acceptors (Lipinski definition) is 1. The number of fused-ring (bicyclic) bond motifs is 1. The fraction of sp³-hybridized carbons (Fsp3) is 0.250. The normalized spacial score (nSPS) is 18.1. The smallest absolute Gasteiger partial charge is 0.119 e. The van der Waals surface area contributed by atoms with Crippen LogP contribution in [0.4, 0.5) is 0 Å². The summed E-state index contributed by atoms with van der Waals surface area (Å²) in [6, 6.07) is 8.40. The molecule has 0 unspecified atom stereocenters. The van der Waals surface area contributed by atoms with Gasteiger partial charge in [0.25, 0.3) is 0 Å².